The van der Waals surface area contributed by atoms with Crippen LogP contribution in [0.1, 0.15) is 22.8 Å². The van der Waals surface area contributed by atoms with Crippen molar-refractivity contribution in [3.8, 4) is 0 Å². The average molecular weight is 413 g/mol. The highest BCUT2D eigenvalue weighted by Crippen LogP contribution is 2.27. The van der Waals surface area contributed by atoms with Gasteiger partial charge in [-0.3, -0.25) is 9.59 Å². The summed E-state index contributed by atoms with van der Waals surface area (Å²) in [6.07, 6.45) is 3.27. The normalized spacial score (nSPS) is 10.4. The van der Waals surface area contributed by atoms with Crippen molar-refractivity contribution in [2.45, 2.75) is 17.7 Å². The number of amides is 2. The third-order valence-corrected chi connectivity index (χ3v) is 5.05. The van der Waals surface area contributed by atoms with E-state index in [9.17, 15) is 9.59 Å². The lowest BCUT2D eigenvalue weighted by Gasteiger charge is -2.10. The zero-order valence-electron chi connectivity index (χ0n) is 15.0. The smallest absolute Gasteiger partial charge is 0.258 e. The number of benzene rings is 1. The van der Waals surface area contributed by atoms with Gasteiger partial charge < -0.3 is 10.6 Å². The molecule has 0 unspecified atom stereocenters. The van der Waals surface area contributed by atoms with Crippen LogP contribution in [0.5, 0.6) is 0 Å². The van der Waals surface area contributed by atoms with Gasteiger partial charge in [0.15, 0.2) is 0 Å². The van der Waals surface area contributed by atoms with Crippen LogP contribution in [0.15, 0.2) is 66.0 Å². The maximum absolute atomic E-state index is 12.7. The van der Waals surface area contributed by atoms with E-state index in [1.165, 1.54) is 18.7 Å². The van der Waals surface area contributed by atoms with Crippen LogP contribution in [-0.2, 0) is 10.5 Å². The number of anilines is 2. The highest BCUT2D eigenvalue weighted by atomic mass is 35.5. The fourth-order valence-corrected chi connectivity index (χ4v) is 3.51. The Kier molecular flexibility index (Phi) is 6.62. The van der Waals surface area contributed by atoms with Crippen molar-refractivity contribution in [3.05, 3.63) is 77.1 Å². The van der Waals surface area contributed by atoms with E-state index in [0.29, 0.717) is 32.9 Å². The number of carbonyl (C=O) groups is 2. The minimum absolute atomic E-state index is 0.180. The number of pyridine rings is 2. The predicted octanol–water partition coefficient (Wildman–Crippen LogP) is 4.63. The van der Waals surface area contributed by atoms with Crippen LogP contribution in [-0.4, -0.2) is 21.8 Å². The molecule has 0 saturated carbocycles. The van der Waals surface area contributed by atoms with Crippen LogP contribution in [0.4, 0.5) is 11.5 Å². The SMILES string of the molecule is CC(=O)Nc1cc(CSc2ncccc2C(=O)Nc2ccccc2Cl)ccn1. The second kappa shape index (κ2) is 9.34. The summed E-state index contributed by atoms with van der Waals surface area (Å²) in [5, 5.41) is 6.54. The van der Waals surface area contributed by atoms with Crippen LogP contribution in [0, 0.1) is 0 Å². The molecular formula is C20H17ClN4O2S. The van der Waals surface area contributed by atoms with Gasteiger partial charge in [-0.15, -0.1) is 11.8 Å². The maximum Gasteiger partial charge on any atom is 0.258 e. The molecule has 0 radical (unpaired) electrons. The molecule has 0 saturated heterocycles. The lowest BCUT2D eigenvalue weighted by Crippen LogP contribution is -2.14. The lowest BCUT2D eigenvalue weighted by molar-refractivity contribution is -0.114. The number of rotatable bonds is 6. The van der Waals surface area contributed by atoms with E-state index in [2.05, 4.69) is 20.6 Å². The first-order valence-electron chi connectivity index (χ1n) is 8.39. The number of hydrogen-bond acceptors (Lipinski definition) is 5. The monoisotopic (exact) mass is 412 g/mol. The molecule has 0 aliphatic heterocycles. The Labute approximate surface area is 171 Å². The minimum Gasteiger partial charge on any atom is -0.321 e. The van der Waals surface area contributed by atoms with E-state index >= 15 is 0 Å². The lowest BCUT2D eigenvalue weighted by atomic mass is 10.2. The molecule has 3 rings (SSSR count). The fraction of sp³-hybridized carbons (Fsp3) is 0.100. The van der Waals surface area contributed by atoms with Crippen molar-refractivity contribution in [2.24, 2.45) is 0 Å². The predicted molar refractivity (Wildman–Crippen MR) is 112 cm³/mol. The number of carbonyl (C=O) groups excluding carboxylic acids is 2. The zero-order chi connectivity index (χ0) is 19.9. The van der Waals surface area contributed by atoms with Gasteiger partial charge in [-0.1, -0.05) is 23.7 Å². The Morgan fingerprint density at radius 3 is 2.64 bits per heavy atom. The Hall–Kier alpha value is -2.90. The van der Waals surface area contributed by atoms with Crippen molar-refractivity contribution in [1.82, 2.24) is 9.97 Å². The van der Waals surface area contributed by atoms with Gasteiger partial charge in [0.25, 0.3) is 5.91 Å². The van der Waals surface area contributed by atoms with Crippen molar-refractivity contribution in [2.75, 3.05) is 10.6 Å². The molecule has 8 heteroatoms. The van der Waals surface area contributed by atoms with Crippen LogP contribution in [0.3, 0.4) is 0 Å². The molecule has 0 spiro atoms. The largest absolute Gasteiger partial charge is 0.321 e. The van der Waals surface area contributed by atoms with Crippen LogP contribution < -0.4 is 10.6 Å². The summed E-state index contributed by atoms with van der Waals surface area (Å²) in [6.45, 7) is 1.43. The molecule has 6 nitrogen and oxygen atoms in total. The van der Waals surface area contributed by atoms with E-state index < -0.39 is 0 Å². The number of halogens is 1. The maximum atomic E-state index is 12.7. The standard InChI is InChI=1S/C20H17ClN4O2S/c1-13(26)24-18-11-14(8-10-22-18)12-28-20-15(5-4-9-23-20)19(27)25-17-7-3-2-6-16(17)21/h2-11H,12H2,1H3,(H,25,27)(H,22,24,26). The van der Waals surface area contributed by atoms with Crippen molar-refractivity contribution >= 4 is 46.7 Å². The summed E-state index contributed by atoms with van der Waals surface area (Å²) in [5.74, 6) is 0.597. The van der Waals surface area contributed by atoms with Crippen molar-refractivity contribution < 1.29 is 9.59 Å². The van der Waals surface area contributed by atoms with Crippen LogP contribution in [0.2, 0.25) is 5.02 Å². The average Bonchev–Trinajstić information content (AvgIpc) is 2.68. The first kappa shape index (κ1) is 19.9. The first-order valence-corrected chi connectivity index (χ1v) is 9.75. The second-order valence-corrected chi connectivity index (χ2v) is 7.18. The Balaban J connectivity index is 1.73. The summed E-state index contributed by atoms with van der Waals surface area (Å²) < 4.78 is 0. The molecule has 142 valence electrons. The van der Waals surface area contributed by atoms with E-state index in [0.717, 1.165) is 5.56 Å². The number of aromatic nitrogens is 2. The number of nitrogens with zero attached hydrogens (tertiary/aromatic N) is 2. The van der Waals surface area contributed by atoms with Gasteiger partial charge in [0.1, 0.15) is 10.8 Å². The van der Waals surface area contributed by atoms with Gasteiger partial charge in [-0.25, -0.2) is 9.97 Å². The molecule has 28 heavy (non-hydrogen) atoms. The topological polar surface area (TPSA) is 84.0 Å². The molecule has 0 aliphatic carbocycles. The molecule has 2 amide bonds. The van der Waals surface area contributed by atoms with Gasteiger partial charge in [-0.05, 0) is 42.0 Å². The van der Waals surface area contributed by atoms with E-state index in [4.69, 9.17) is 11.6 Å². The molecule has 2 heterocycles. The Morgan fingerprint density at radius 1 is 1.04 bits per heavy atom. The van der Waals surface area contributed by atoms with Crippen LogP contribution >= 0.6 is 23.4 Å². The fourth-order valence-electron chi connectivity index (χ4n) is 2.40. The van der Waals surface area contributed by atoms with Crippen molar-refractivity contribution in [3.63, 3.8) is 0 Å². The van der Waals surface area contributed by atoms with Crippen molar-refractivity contribution in [1.29, 1.82) is 0 Å². The van der Waals surface area contributed by atoms with Gasteiger partial charge in [0.05, 0.1) is 16.3 Å². The molecule has 0 bridgehead atoms. The van der Waals surface area contributed by atoms with Gasteiger partial charge in [0.2, 0.25) is 5.91 Å². The number of thioether (sulfide) groups is 1. The van der Waals surface area contributed by atoms with Gasteiger partial charge in [-0.2, -0.15) is 0 Å². The second-order valence-electron chi connectivity index (χ2n) is 5.81. The van der Waals surface area contributed by atoms with Gasteiger partial charge in [0, 0.05) is 25.1 Å². The van der Waals surface area contributed by atoms with E-state index in [1.54, 1.807) is 54.9 Å². The molecule has 0 atom stereocenters. The summed E-state index contributed by atoms with van der Waals surface area (Å²) in [7, 11) is 0. The Morgan fingerprint density at radius 2 is 1.86 bits per heavy atom. The Bertz CT molecular complexity index is 1010. The molecule has 0 fully saturated rings. The molecule has 2 aromatic heterocycles. The highest BCUT2D eigenvalue weighted by Gasteiger charge is 2.14. The number of para-hydroxylation sites is 1. The third-order valence-electron chi connectivity index (χ3n) is 3.64. The molecule has 0 aliphatic rings. The third kappa shape index (κ3) is 5.31. The van der Waals surface area contributed by atoms with Crippen LogP contribution in [0.25, 0.3) is 0 Å². The molecule has 1 aromatic carbocycles. The molecule has 2 N–H and O–H groups in total. The number of hydrogen-bond donors (Lipinski definition) is 2. The summed E-state index contributed by atoms with van der Waals surface area (Å²) in [6, 6.07) is 14.1. The molecule has 3 aromatic rings. The quantitative estimate of drug-likeness (QED) is 0.576. The molecular weight excluding hydrogens is 396 g/mol. The van der Waals surface area contributed by atoms with Gasteiger partial charge >= 0.3 is 0 Å². The van der Waals surface area contributed by atoms with E-state index in [-0.39, 0.29) is 11.8 Å². The minimum atomic E-state index is -0.280. The summed E-state index contributed by atoms with van der Waals surface area (Å²) in [4.78, 5) is 32.3. The summed E-state index contributed by atoms with van der Waals surface area (Å²) in [5.41, 5.74) is 1.96. The summed E-state index contributed by atoms with van der Waals surface area (Å²) >= 11 is 7.54. The zero-order valence-corrected chi connectivity index (χ0v) is 16.6. The first-order chi connectivity index (χ1) is 13.5. The highest BCUT2D eigenvalue weighted by molar-refractivity contribution is 7.98. The van der Waals surface area contributed by atoms with E-state index in [1.807, 2.05) is 6.07 Å². The number of nitrogens with one attached hydrogen (secondary N) is 2.